The van der Waals surface area contributed by atoms with Gasteiger partial charge < -0.3 is 9.47 Å². The molecule has 0 amide bonds. The van der Waals surface area contributed by atoms with E-state index in [1.54, 1.807) is 49.6 Å². The number of carbonyl (C=O) groups is 1. The lowest BCUT2D eigenvalue weighted by molar-refractivity contribution is 0.0958. The lowest BCUT2D eigenvalue weighted by Gasteiger charge is -2.09. The Kier molecular flexibility index (Phi) is 4.95. The fraction of sp³-hybridized carbons (Fsp3) is 0.176. The molecule has 3 rings (SSSR count). The number of ether oxygens (including phenoxy) is 2. The van der Waals surface area contributed by atoms with Crippen LogP contribution in [0, 0.1) is 0 Å². The van der Waals surface area contributed by atoms with E-state index in [0.717, 1.165) is 5.56 Å². The van der Waals surface area contributed by atoms with Gasteiger partial charge in [-0.05, 0) is 41.6 Å². The van der Waals surface area contributed by atoms with Gasteiger partial charge in [0.15, 0.2) is 5.78 Å². The van der Waals surface area contributed by atoms with Gasteiger partial charge in [-0.25, -0.2) is 0 Å². The van der Waals surface area contributed by atoms with Gasteiger partial charge in [0.2, 0.25) is 5.82 Å². The zero-order valence-electron chi connectivity index (χ0n) is 13.6. The quantitative estimate of drug-likeness (QED) is 0.630. The SMILES string of the molecule is COc1ccc(C(=O)Cn2nnc(-c3ccc(Cl)cc3)n2)c(OC)c1. The van der Waals surface area contributed by atoms with Crippen LogP contribution in [0.1, 0.15) is 10.4 Å². The fourth-order valence-electron chi connectivity index (χ4n) is 2.27. The van der Waals surface area contributed by atoms with Crippen LogP contribution in [0.2, 0.25) is 5.02 Å². The van der Waals surface area contributed by atoms with E-state index in [-0.39, 0.29) is 12.3 Å². The first-order valence-corrected chi connectivity index (χ1v) is 7.77. The third kappa shape index (κ3) is 3.77. The van der Waals surface area contributed by atoms with Gasteiger partial charge >= 0.3 is 0 Å². The van der Waals surface area contributed by atoms with Crippen LogP contribution in [0.4, 0.5) is 0 Å². The summed E-state index contributed by atoms with van der Waals surface area (Å²) in [5, 5.41) is 12.7. The highest BCUT2D eigenvalue weighted by molar-refractivity contribution is 6.30. The molecular formula is C17H15ClN4O3. The van der Waals surface area contributed by atoms with E-state index in [9.17, 15) is 4.79 Å². The molecule has 0 spiro atoms. The molecule has 0 saturated heterocycles. The number of Topliss-reactive ketones (excluding diaryl/α,β-unsaturated/α-hetero) is 1. The maximum Gasteiger partial charge on any atom is 0.204 e. The minimum Gasteiger partial charge on any atom is -0.497 e. The Morgan fingerprint density at radius 3 is 2.56 bits per heavy atom. The van der Waals surface area contributed by atoms with Crippen molar-refractivity contribution in [3.8, 4) is 22.9 Å². The molecule has 1 heterocycles. The monoisotopic (exact) mass is 358 g/mol. The molecule has 0 bridgehead atoms. The first kappa shape index (κ1) is 16.9. The van der Waals surface area contributed by atoms with Gasteiger partial charge in [-0.15, -0.1) is 10.2 Å². The lowest BCUT2D eigenvalue weighted by Crippen LogP contribution is -2.14. The van der Waals surface area contributed by atoms with Gasteiger partial charge in [0, 0.05) is 16.7 Å². The van der Waals surface area contributed by atoms with Crippen LogP contribution in [0.15, 0.2) is 42.5 Å². The summed E-state index contributed by atoms with van der Waals surface area (Å²) in [6, 6.07) is 12.1. The molecule has 0 aliphatic carbocycles. The van der Waals surface area contributed by atoms with E-state index in [0.29, 0.717) is 27.9 Å². The van der Waals surface area contributed by atoms with E-state index in [1.165, 1.54) is 11.9 Å². The second-order valence-electron chi connectivity index (χ2n) is 5.14. The molecule has 128 valence electrons. The summed E-state index contributed by atoms with van der Waals surface area (Å²) < 4.78 is 10.4. The molecule has 0 aliphatic rings. The highest BCUT2D eigenvalue weighted by atomic mass is 35.5. The molecule has 25 heavy (non-hydrogen) atoms. The Morgan fingerprint density at radius 1 is 1.12 bits per heavy atom. The summed E-state index contributed by atoms with van der Waals surface area (Å²) in [7, 11) is 3.05. The minimum atomic E-state index is -0.195. The molecule has 3 aromatic rings. The molecule has 0 saturated carbocycles. The van der Waals surface area contributed by atoms with Crippen molar-refractivity contribution in [3.63, 3.8) is 0 Å². The van der Waals surface area contributed by atoms with Crippen molar-refractivity contribution in [3.05, 3.63) is 53.1 Å². The molecule has 0 unspecified atom stereocenters. The fourth-order valence-corrected chi connectivity index (χ4v) is 2.39. The number of carbonyl (C=O) groups excluding carboxylic acids is 1. The van der Waals surface area contributed by atoms with Crippen molar-refractivity contribution in [2.24, 2.45) is 0 Å². The zero-order valence-corrected chi connectivity index (χ0v) is 14.4. The smallest absolute Gasteiger partial charge is 0.204 e. The number of benzene rings is 2. The lowest BCUT2D eigenvalue weighted by atomic mass is 10.1. The van der Waals surface area contributed by atoms with Crippen LogP contribution in [0.25, 0.3) is 11.4 Å². The molecule has 0 radical (unpaired) electrons. The Morgan fingerprint density at radius 2 is 1.88 bits per heavy atom. The molecule has 1 aromatic heterocycles. The van der Waals surface area contributed by atoms with Crippen LogP contribution in [0.5, 0.6) is 11.5 Å². The highest BCUT2D eigenvalue weighted by Crippen LogP contribution is 2.25. The van der Waals surface area contributed by atoms with Crippen LogP contribution in [-0.2, 0) is 6.54 Å². The van der Waals surface area contributed by atoms with Crippen LogP contribution in [0.3, 0.4) is 0 Å². The van der Waals surface area contributed by atoms with Crippen molar-refractivity contribution < 1.29 is 14.3 Å². The largest absolute Gasteiger partial charge is 0.497 e. The van der Waals surface area contributed by atoms with E-state index in [2.05, 4.69) is 15.4 Å². The number of methoxy groups -OCH3 is 2. The molecule has 0 aliphatic heterocycles. The summed E-state index contributed by atoms with van der Waals surface area (Å²) in [5.41, 5.74) is 1.19. The summed E-state index contributed by atoms with van der Waals surface area (Å²) in [6.45, 7) is -0.0523. The topological polar surface area (TPSA) is 79.1 Å². The molecule has 0 atom stereocenters. The number of ketones is 1. The summed E-state index contributed by atoms with van der Waals surface area (Å²) in [5.74, 6) is 1.27. The Bertz CT molecular complexity index is 893. The highest BCUT2D eigenvalue weighted by Gasteiger charge is 2.16. The number of nitrogens with zero attached hydrogens (tertiary/aromatic N) is 4. The van der Waals surface area contributed by atoms with Gasteiger partial charge in [-0.2, -0.15) is 4.80 Å². The summed E-state index contributed by atoms with van der Waals surface area (Å²) in [6.07, 6.45) is 0. The molecule has 7 nitrogen and oxygen atoms in total. The molecule has 2 aromatic carbocycles. The molecule has 0 N–H and O–H groups in total. The second kappa shape index (κ2) is 7.31. The standard InChI is InChI=1S/C17H15ClN4O3/c1-24-13-7-8-14(16(9-13)25-2)15(23)10-22-20-17(19-21-22)11-3-5-12(18)6-4-11/h3-9H,10H2,1-2H3. The number of hydrogen-bond acceptors (Lipinski definition) is 6. The van der Waals surface area contributed by atoms with Gasteiger partial charge in [0.25, 0.3) is 0 Å². The molecule has 0 fully saturated rings. The average Bonchev–Trinajstić information content (AvgIpc) is 3.10. The minimum absolute atomic E-state index is 0.0523. The first-order chi connectivity index (χ1) is 12.1. The van der Waals surface area contributed by atoms with Crippen molar-refractivity contribution in [1.29, 1.82) is 0 Å². The third-order valence-corrected chi connectivity index (χ3v) is 3.80. The maximum absolute atomic E-state index is 12.5. The van der Waals surface area contributed by atoms with Gasteiger partial charge in [0.05, 0.1) is 19.8 Å². The van der Waals surface area contributed by atoms with Gasteiger partial charge in [0.1, 0.15) is 18.0 Å². The third-order valence-electron chi connectivity index (χ3n) is 3.55. The van der Waals surface area contributed by atoms with Crippen molar-refractivity contribution in [2.45, 2.75) is 6.54 Å². The number of tetrazole rings is 1. The van der Waals surface area contributed by atoms with Crippen LogP contribution in [-0.4, -0.2) is 40.2 Å². The van der Waals surface area contributed by atoms with Crippen LogP contribution < -0.4 is 9.47 Å². The number of aromatic nitrogens is 4. The van der Waals surface area contributed by atoms with Crippen molar-refractivity contribution in [1.82, 2.24) is 20.2 Å². The van der Waals surface area contributed by atoms with E-state index >= 15 is 0 Å². The van der Waals surface area contributed by atoms with Crippen molar-refractivity contribution >= 4 is 17.4 Å². The van der Waals surface area contributed by atoms with E-state index < -0.39 is 0 Å². The van der Waals surface area contributed by atoms with E-state index in [1.807, 2.05) is 0 Å². The predicted octanol–water partition coefficient (Wildman–Crippen LogP) is 2.89. The maximum atomic E-state index is 12.5. The Labute approximate surface area is 149 Å². The second-order valence-corrected chi connectivity index (χ2v) is 5.58. The Hall–Kier alpha value is -2.93. The van der Waals surface area contributed by atoms with Gasteiger partial charge in [-0.3, -0.25) is 4.79 Å². The molecule has 8 heteroatoms. The van der Waals surface area contributed by atoms with E-state index in [4.69, 9.17) is 21.1 Å². The number of rotatable bonds is 6. The van der Waals surface area contributed by atoms with Gasteiger partial charge in [-0.1, -0.05) is 11.6 Å². The average molecular weight is 359 g/mol. The summed E-state index contributed by atoms with van der Waals surface area (Å²) >= 11 is 5.86. The number of halogens is 1. The zero-order chi connectivity index (χ0) is 17.8. The van der Waals surface area contributed by atoms with Crippen molar-refractivity contribution in [2.75, 3.05) is 14.2 Å². The summed E-state index contributed by atoms with van der Waals surface area (Å²) in [4.78, 5) is 13.8. The Balaban J connectivity index is 1.79. The molecular weight excluding hydrogens is 344 g/mol. The normalized spacial score (nSPS) is 10.5. The number of hydrogen-bond donors (Lipinski definition) is 0. The van der Waals surface area contributed by atoms with Crippen LogP contribution >= 0.6 is 11.6 Å². The first-order valence-electron chi connectivity index (χ1n) is 7.39. The predicted molar refractivity (Wildman–Crippen MR) is 92.1 cm³/mol.